The number of hydrogen-bond acceptors (Lipinski definition) is 21. The number of amides is 17. The predicted molar refractivity (Wildman–Crippen MR) is 508 cm³/mol. The number of imidazole rings is 1. The molecule has 17 amide bonds. The van der Waals surface area contributed by atoms with Crippen molar-refractivity contribution in [3.63, 3.8) is 0 Å². The highest BCUT2D eigenvalue weighted by Crippen LogP contribution is 2.27. The molecule has 8 rings (SSSR count). The van der Waals surface area contributed by atoms with Gasteiger partial charge in [0, 0.05) is 102 Å². The number of nitrogens with one attached hydrogen (secondary N) is 14. The molecular formula is C94H131N23O18S. The molecule has 136 heavy (non-hydrogen) atoms. The lowest BCUT2D eigenvalue weighted by Crippen LogP contribution is -2.61. The average Bonchev–Trinajstić information content (AvgIpc) is 1.49. The highest BCUT2D eigenvalue weighted by Gasteiger charge is 2.44. The fourth-order valence-corrected chi connectivity index (χ4v) is 17.1. The van der Waals surface area contributed by atoms with Crippen LogP contribution in [0.5, 0.6) is 0 Å². The van der Waals surface area contributed by atoms with Gasteiger partial charge in [-0.1, -0.05) is 150 Å². The number of likely N-dealkylation sites (N-methyl/N-ethyl adjacent to an activating group) is 4. The van der Waals surface area contributed by atoms with Crippen molar-refractivity contribution in [2.24, 2.45) is 23.1 Å². The maximum absolute atomic E-state index is 15.8. The lowest BCUT2D eigenvalue weighted by atomic mass is 9.97. The van der Waals surface area contributed by atoms with Crippen LogP contribution >= 0.6 is 11.8 Å². The summed E-state index contributed by atoms with van der Waals surface area (Å²) in [5, 5.41) is 48.9. The minimum absolute atomic E-state index is 0.000154. The van der Waals surface area contributed by atoms with Crippen LogP contribution in [0.4, 0.5) is 0 Å². The number of H-pyrrole nitrogens is 2. The van der Waals surface area contributed by atoms with Crippen LogP contribution in [0.1, 0.15) is 140 Å². The molecule has 6 aromatic rings. The molecule has 2 fully saturated rings. The number of aliphatic hydroxyl groups excluding tert-OH is 1. The first-order chi connectivity index (χ1) is 64.8. The summed E-state index contributed by atoms with van der Waals surface area (Å²) in [7, 11) is 5.26. The fourth-order valence-electron chi connectivity index (χ4n) is 16.2. The van der Waals surface area contributed by atoms with Gasteiger partial charge in [-0.3, -0.25) is 86.9 Å². The normalized spacial score (nSPS) is 23.1. The second-order valence-electron chi connectivity index (χ2n) is 34.8. The van der Waals surface area contributed by atoms with E-state index < -0.39 is 223 Å². The summed E-state index contributed by atoms with van der Waals surface area (Å²) in [5.41, 5.74) is 22.1. The zero-order valence-electron chi connectivity index (χ0n) is 78.6. The summed E-state index contributed by atoms with van der Waals surface area (Å²) in [5.74, 6) is -17.1. The summed E-state index contributed by atoms with van der Waals surface area (Å²) in [6, 6.07) is 10.6. The highest BCUT2D eigenvalue weighted by molar-refractivity contribution is 8.00. The van der Waals surface area contributed by atoms with Gasteiger partial charge in [-0.25, -0.2) is 4.98 Å². The number of unbranched alkanes of at least 4 members (excludes halogenated alkanes) is 2. The van der Waals surface area contributed by atoms with Crippen LogP contribution in [-0.4, -0.2) is 302 Å². The number of rotatable bonds is 27. The minimum atomic E-state index is -1.85. The second kappa shape index (κ2) is 52.7. The molecule has 0 saturated carbocycles. The molecular weight excluding hydrogens is 1770 g/mol. The van der Waals surface area contributed by atoms with Crippen molar-refractivity contribution >= 4 is 129 Å². The zero-order chi connectivity index (χ0) is 99.6. The van der Waals surface area contributed by atoms with Crippen molar-refractivity contribution in [3.05, 3.63) is 150 Å². The van der Waals surface area contributed by atoms with E-state index in [0.717, 1.165) is 53.0 Å². The largest absolute Gasteiger partial charge is 0.394 e. The van der Waals surface area contributed by atoms with Crippen LogP contribution in [0, 0.1) is 18.3 Å². The van der Waals surface area contributed by atoms with Crippen molar-refractivity contribution in [2.75, 3.05) is 72.5 Å². The molecule has 42 heteroatoms. The number of nitrogens with zero attached hydrogens (tertiary/aromatic N) is 6. The number of aryl methyl sites for hydroxylation is 1. The molecule has 0 aliphatic carbocycles. The molecule has 4 unspecified atom stereocenters. The van der Waals surface area contributed by atoms with E-state index >= 15 is 24.0 Å². The molecule has 4 aromatic carbocycles. The molecule has 0 spiro atoms. The molecule has 2 saturated heterocycles. The highest BCUT2D eigenvalue weighted by atomic mass is 32.2. The number of primary amides is 2. The molecule has 13 atom stereocenters. The maximum atomic E-state index is 15.8. The first-order valence-corrected chi connectivity index (χ1v) is 46.9. The molecule has 0 radical (unpaired) electrons. The van der Waals surface area contributed by atoms with Gasteiger partial charge >= 0.3 is 0 Å². The Morgan fingerprint density at radius 3 is 1.76 bits per heavy atom. The van der Waals surface area contributed by atoms with E-state index in [0.29, 0.717) is 59.0 Å². The zero-order valence-corrected chi connectivity index (χ0v) is 79.4. The minimum Gasteiger partial charge on any atom is -0.394 e. The first-order valence-electron chi connectivity index (χ1n) is 45.7. The third-order valence-corrected chi connectivity index (χ3v) is 24.9. The number of hydrogen-bond donors (Lipinski definition) is 18. The van der Waals surface area contributed by atoms with Crippen LogP contribution in [0.3, 0.4) is 0 Å². The molecule has 736 valence electrons. The number of aliphatic hydroxyl groups is 1. The quantitative estimate of drug-likeness (QED) is 0.0173. The Morgan fingerprint density at radius 2 is 1.12 bits per heavy atom. The van der Waals surface area contributed by atoms with E-state index in [4.69, 9.17) is 22.6 Å². The van der Waals surface area contributed by atoms with Crippen molar-refractivity contribution in [3.8, 4) is 11.1 Å². The molecule has 0 bridgehead atoms. The molecule has 21 N–H and O–H groups in total. The van der Waals surface area contributed by atoms with Crippen molar-refractivity contribution in [2.45, 2.75) is 223 Å². The molecule has 2 aromatic heterocycles. The van der Waals surface area contributed by atoms with Crippen molar-refractivity contribution < 1.29 is 86.6 Å². The van der Waals surface area contributed by atoms with E-state index in [1.54, 1.807) is 86.8 Å². The fraction of sp³-hybridized carbons (Fsp3) is 0.500. The van der Waals surface area contributed by atoms with Crippen LogP contribution in [-0.2, 0) is 107 Å². The van der Waals surface area contributed by atoms with E-state index in [9.17, 15) is 62.6 Å². The summed E-state index contributed by atoms with van der Waals surface area (Å²) < 4.78 is 0. The summed E-state index contributed by atoms with van der Waals surface area (Å²) in [6.45, 7) is 7.88. The number of carbonyl (C=O) groups is 17. The number of carbonyl (C=O) groups excluding carboxylic acids is 17. The Balaban J connectivity index is 1.19. The van der Waals surface area contributed by atoms with Gasteiger partial charge < -0.3 is 115 Å². The Kier molecular flexibility index (Phi) is 41.7. The Bertz CT molecular complexity index is 5180. The third kappa shape index (κ3) is 31.7. The lowest BCUT2D eigenvalue weighted by Gasteiger charge is -2.36. The smallest absolute Gasteiger partial charge is 0.246 e. The standard InChI is InChI=1S/C94H131N23O18S/c1-11-13-31-74-87(129)106-65(30-22-38-100-94(97)98)83(125)112-73(82(124)102-48-78(96)120)51-136-52-80(122)105-69(41-57-25-16-15-17-26-57)90(132)114(8)56(6)81(123)108-71(45-77(95)119)92(134)117-39-23-33-75(117)88(130)107-67(44-61-47-99-53-103-61)85(127)109-68(40-54(3)4)89(131)113(7)49-79(121)104-66(43-60-46-101-64-29-21-20-28-63(60)64)84(126)111-72(50-118)86(128)110-70(91(133)116(10)76(32-14-12-2)93(135)115(74)9)42-58-34-36-59(37-35-58)62-27-19-18-24-55(62)5/h15-21,24-29,34-37,46-47,53-54,56,65-76,101,118H,11-14,22-23,30-33,38-45,48-52H2,1-10H3,(H2,95,119)(H2,96,120)(H,99,103)(H,102,124)(H,104,121)(H,105,122)(H,106,129)(H,107,130)(H,108,123)(H,109,127)(H,110,128)(H,111,126)(H,112,125)(H4,97,98,100)/t56-,65?,66-,67-,68-,69-,70-,71-,72?,73?,74-,75?,76-/m0/s1. The van der Waals surface area contributed by atoms with Gasteiger partial charge in [0.1, 0.15) is 78.5 Å². The molecule has 2 aliphatic rings. The molecule has 4 heterocycles. The van der Waals surface area contributed by atoms with E-state index in [1.165, 1.54) is 47.6 Å². The van der Waals surface area contributed by atoms with Gasteiger partial charge in [0.25, 0.3) is 0 Å². The number of aromatic nitrogens is 3. The number of nitrogens with two attached hydrogens (primary N) is 3. The third-order valence-electron chi connectivity index (χ3n) is 23.9. The van der Waals surface area contributed by atoms with Crippen molar-refractivity contribution in [1.82, 2.24) is 97.9 Å². The topological polar surface area (TPSA) is 605 Å². The van der Waals surface area contributed by atoms with E-state index in [1.807, 2.05) is 57.2 Å². The molecule has 2 aliphatic heterocycles. The van der Waals surface area contributed by atoms with Crippen LogP contribution < -0.4 is 75.7 Å². The van der Waals surface area contributed by atoms with Gasteiger partial charge in [0.15, 0.2) is 5.96 Å². The summed E-state index contributed by atoms with van der Waals surface area (Å²) >= 11 is 0.796. The monoisotopic (exact) mass is 1900 g/mol. The van der Waals surface area contributed by atoms with Crippen molar-refractivity contribution in [1.29, 1.82) is 5.41 Å². The second-order valence-corrected chi connectivity index (χ2v) is 35.8. The number of fused-ring (bicyclic) bond motifs is 2. The SMILES string of the molecule is CCCC[C@H]1C(=O)N(C)[C@@H](CCCC)C(=O)NC(CCCNC(=N)N)C(=O)NC(C(=O)NCC(N)=O)CSCC(=O)N[C@@H](Cc2ccccc2)C(=O)N(C)[C@@H](C)C(=O)N[C@@H](CC(N)=O)C(=O)N2CCCC2C(=O)N[C@@H](Cc2cnc[nH]2)C(=O)N[C@@H](CC(C)C)C(=O)N(C)CC(=O)N[C@@H](Cc2c[nH]c3ccccc23)C(=O)NC(CO)C(=O)N[C@@H](Cc2ccc(-c3ccccc3C)cc2)C(=O)N1C. The average molecular weight is 1900 g/mol. The lowest BCUT2D eigenvalue weighted by molar-refractivity contribution is -0.149. The predicted octanol–water partition coefficient (Wildman–Crippen LogP) is -0.644. The maximum Gasteiger partial charge on any atom is 0.246 e. The van der Waals surface area contributed by atoms with Gasteiger partial charge in [0.05, 0.1) is 38.2 Å². The van der Waals surface area contributed by atoms with Crippen LogP contribution in [0.2, 0.25) is 0 Å². The number of thioether (sulfide) groups is 1. The number of para-hydroxylation sites is 1. The summed E-state index contributed by atoms with van der Waals surface area (Å²) in [4.78, 5) is 265. The van der Waals surface area contributed by atoms with E-state index in [2.05, 4.69) is 73.4 Å². The van der Waals surface area contributed by atoms with Crippen LogP contribution in [0.25, 0.3) is 22.0 Å². The number of guanidine groups is 1. The van der Waals surface area contributed by atoms with Gasteiger partial charge in [-0.2, -0.15) is 0 Å². The van der Waals surface area contributed by atoms with E-state index in [-0.39, 0.29) is 89.6 Å². The van der Waals surface area contributed by atoms with Gasteiger partial charge in [-0.05, 0) is 104 Å². The number of aromatic amines is 2. The Labute approximate surface area is 794 Å². The van der Waals surface area contributed by atoms with Gasteiger partial charge in [-0.15, -0.1) is 11.8 Å². The Morgan fingerprint density at radius 1 is 0.551 bits per heavy atom. The first kappa shape index (κ1) is 108. The molecule has 41 nitrogen and oxygen atoms in total. The Hall–Kier alpha value is -13.8. The number of benzene rings is 4. The van der Waals surface area contributed by atoms with Gasteiger partial charge in [0.2, 0.25) is 100 Å². The van der Waals surface area contributed by atoms with Crippen LogP contribution in [0.15, 0.2) is 122 Å². The summed E-state index contributed by atoms with van der Waals surface area (Å²) in [6.07, 6.45) is 4.36.